The van der Waals surface area contributed by atoms with Crippen LogP contribution in [-0.2, 0) is 0 Å². The Hall–Kier alpha value is -2.59. The van der Waals surface area contributed by atoms with Crippen molar-refractivity contribution in [2.75, 3.05) is 0 Å². The number of rotatable bonds is 3. The van der Waals surface area contributed by atoms with E-state index in [4.69, 9.17) is 11.6 Å². The predicted octanol–water partition coefficient (Wildman–Crippen LogP) is 3.86. The van der Waals surface area contributed by atoms with Gasteiger partial charge in [-0.05, 0) is 54.0 Å². The summed E-state index contributed by atoms with van der Waals surface area (Å²) in [6.45, 7) is 0. The van der Waals surface area contributed by atoms with Crippen molar-refractivity contribution in [3.05, 3.63) is 81.2 Å². The van der Waals surface area contributed by atoms with Crippen molar-refractivity contribution in [2.45, 2.75) is 24.8 Å². The van der Waals surface area contributed by atoms with E-state index in [0.717, 1.165) is 23.3 Å². The molecule has 4 rings (SSSR count). The summed E-state index contributed by atoms with van der Waals surface area (Å²) < 4.78 is 0. The fourth-order valence-electron chi connectivity index (χ4n) is 3.34. The molecule has 0 saturated heterocycles. The van der Waals surface area contributed by atoms with E-state index in [1.54, 1.807) is 12.1 Å². The van der Waals surface area contributed by atoms with Gasteiger partial charge in [0.15, 0.2) is 0 Å². The Morgan fingerprint density at radius 1 is 1.08 bits per heavy atom. The highest BCUT2D eigenvalue weighted by Crippen LogP contribution is 2.37. The molecule has 0 spiro atoms. The van der Waals surface area contributed by atoms with Crippen molar-refractivity contribution in [1.82, 2.24) is 10.3 Å². The van der Waals surface area contributed by atoms with Crippen molar-refractivity contribution in [1.29, 1.82) is 0 Å². The average Bonchev–Trinajstić information content (AvgIpc) is 2.58. The van der Waals surface area contributed by atoms with Gasteiger partial charge in [0.05, 0.1) is 0 Å². The van der Waals surface area contributed by atoms with E-state index in [-0.39, 0.29) is 17.5 Å². The first-order chi connectivity index (χ1) is 12.1. The Balaban J connectivity index is 1.43. The number of nitrogens with one attached hydrogen (secondary N) is 2. The number of H-pyrrole nitrogens is 1. The van der Waals surface area contributed by atoms with Gasteiger partial charge in [-0.25, -0.2) is 0 Å². The van der Waals surface area contributed by atoms with E-state index in [0.29, 0.717) is 17.0 Å². The van der Waals surface area contributed by atoms with Crippen LogP contribution in [0, 0.1) is 0 Å². The number of halogens is 1. The molecule has 3 aromatic rings. The van der Waals surface area contributed by atoms with Crippen LogP contribution in [0.15, 0.2) is 59.4 Å². The molecule has 1 aromatic heterocycles. The molecule has 1 aliphatic rings. The molecule has 1 heterocycles. The number of benzene rings is 2. The molecule has 5 heteroatoms. The fraction of sp³-hybridized carbons (Fsp3) is 0.200. The second kappa shape index (κ2) is 6.37. The fourth-order valence-corrected chi connectivity index (χ4v) is 3.47. The molecule has 1 fully saturated rings. The number of hydrogen-bond acceptors (Lipinski definition) is 2. The first-order valence-corrected chi connectivity index (χ1v) is 8.66. The minimum Gasteiger partial charge on any atom is -0.348 e. The Kier molecular flexibility index (Phi) is 4.06. The van der Waals surface area contributed by atoms with E-state index < -0.39 is 0 Å². The van der Waals surface area contributed by atoms with E-state index in [1.165, 1.54) is 5.56 Å². The van der Waals surface area contributed by atoms with Crippen LogP contribution in [0.1, 0.15) is 34.8 Å². The summed E-state index contributed by atoms with van der Waals surface area (Å²) in [4.78, 5) is 27.2. The molecular weight excluding hydrogens is 336 g/mol. The number of carbonyl (C=O) groups is 1. The highest BCUT2D eigenvalue weighted by molar-refractivity contribution is 6.30. The van der Waals surface area contributed by atoms with Gasteiger partial charge in [0, 0.05) is 16.5 Å². The Bertz CT molecular complexity index is 988. The van der Waals surface area contributed by atoms with Crippen LogP contribution in [0.5, 0.6) is 0 Å². The molecule has 0 bridgehead atoms. The standard InChI is InChI=1S/C20H17ClN2O2/c21-15-7-5-12(6-8-15)14-9-16(10-14)22-20(25)18-11-13-3-1-2-4-17(13)19(24)23-18/h1-8,11,14,16H,9-10H2,(H,22,25)(H,23,24). The summed E-state index contributed by atoms with van der Waals surface area (Å²) in [7, 11) is 0. The van der Waals surface area contributed by atoms with Crippen molar-refractivity contribution < 1.29 is 4.79 Å². The molecule has 1 amide bonds. The highest BCUT2D eigenvalue weighted by atomic mass is 35.5. The predicted molar refractivity (Wildman–Crippen MR) is 99.2 cm³/mol. The minimum absolute atomic E-state index is 0.128. The van der Waals surface area contributed by atoms with E-state index in [9.17, 15) is 9.59 Å². The summed E-state index contributed by atoms with van der Waals surface area (Å²) in [6, 6.07) is 16.9. The molecule has 0 atom stereocenters. The third kappa shape index (κ3) is 3.17. The number of amides is 1. The largest absolute Gasteiger partial charge is 0.348 e. The number of carbonyl (C=O) groups excluding carboxylic acids is 1. The summed E-state index contributed by atoms with van der Waals surface area (Å²) in [5.74, 6) is 0.209. The summed E-state index contributed by atoms with van der Waals surface area (Å²) in [5, 5.41) is 5.09. The average molecular weight is 353 g/mol. The monoisotopic (exact) mass is 352 g/mol. The molecule has 0 radical (unpaired) electrons. The SMILES string of the molecule is O=C(NC1CC(c2ccc(Cl)cc2)C1)c1cc2ccccc2c(=O)[nH]1. The molecular formula is C20H17ClN2O2. The van der Waals surface area contributed by atoms with Gasteiger partial charge in [-0.15, -0.1) is 0 Å². The van der Waals surface area contributed by atoms with Crippen LogP contribution in [0.4, 0.5) is 0 Å². The number of fused-ring (bicyclic) bond motifs is 1. The second-order valence-corrected chi connectivity index (χ2v) is 6.93. The van der Waals surface area contributed by atoms with Crippen LogP contribution < -0.4 is 10.9 Å². The van der Waals surface area contributed by atoms with Crippen molar-refractivity contribution in [3.63, 3.8) is 0 Å². The van der Waals surface area contributed by atoms with Crippen LogP contribution in [-0.4, -0.2) is 16.9 Å². The van der Waals surface area contributed by atoms with Gasteiger partial charge in [-0.1, -0.05) is 41.9 Å². The van der Waals surface area contributed by atoms with Crippen molar-refractivity contribution >= 4 is 28.3 Å². The molecule has 4 nitrogen and oxygen atoms in total. The first kappa shape index (κ1) is 15.9. The molecule has 2 N–H and O–H groups in total. The normalized spacial score (nSPS) is 19.4. The number of hydrogen-bond donors (Lipinski definition) is 2. The number of pyridine rings is 1. The highest BCUT2D eigenvalue weighted by Gasteiger charge is 2.31. The maximum Gasteiger partial charge on any atom is 0.268 e. The lowest BCUT2D eigenvalue weighted by Crippen LogP contribution is -2.43. The third-order valence-electron chi connectivity index (χ3n) is 4.81. The van der Waals surface area contributed by atoms with Crippen LogP contribution in [0.25, 0.3) is 10.8 Å². The van der Waals surface area contributed by atoms with Crippen LogP contribution >= 0.6 is 11.6 Å². The van der Waals surface area contributed by atoms with E-state index >= 15 is 0 Å². The maximum absolute atomic E-state index is 12.4. The number of aromatic amines is 1. The van der Waals surface area contributed by atoms with Crippen LogP contribution in [0.2, 0.25) is 5.02 Å². The van der Waals surface area contributed by atoms with Gasteiger partial charge in [0.2, 0.25) is 0 Å². The Morgan fingerprint density at radius 3 is 2.56 bits per heavy atom. The van der Waals surface area contributed by atoms with Crippen molar-refractivity contribution in [3.8, 4) is 0 Å². The van der Waals surface area contributed by atoms with Gasteiger partial charge in [-0.2, -0.15) is 0 Å². The zero-order valence-corrected chi connectivity index (χ0v) is 14.2. The Morgan fingerprint density at radius 2 is 1.80 bits per heavy atom. The second-order valence-electron chi connectivity index (χ2n) is 6.49. The lowest BCUT2D eigenvalue weighted by atomic mass is 9.76. The molecule has 0 unspecified atom stereocenters. The minimum atomic E-state index is -0.240. The van der Waals surface area contributed by atoms with Gasteiger partial charge >= 0.3 is 0 Å². The van der Waals surface area contributed by atoms with Gasteiger partial charge in [0.25, 0.3) is 11.5 Å². The molecule has 2 aromatic carbocycles. The van der Waals surface area contributed by atoms with Crippen LogP contribution in [0.3, 0.4) is 0 Å². The zero-order valence-electron chi connectivity index (χ0n) is 13.5. The number of aromatic nitrogens is 1. The molecule has 0 aliphatic heterocycles. The maximum atomic E-state index is 12.4. The van der Waals surface area contributed by atoms with Gasteiger partial charge in [0.1, 0.15) is 5.69 Å². The van der Waals surface area contributed by atoms with Gasteiger partial charge in [-0.3, -0.25) is 9.59 Å². The topological polar surface area (TPSA) is 62.0 Å². The lowest BCUT2D eigenvalue weighted by molar-refractivity contribution is 0.0904. The van der Waals surface area contributed by atoms with E-state index in [2.05, 4.69) is 10.3 Å². The molecule has 1 saturated carbocycles. The first-order valence-electron chi connectivity index (χ1n) is 8.28. The van der Waals surface area contributed by atoms with Gasteiger partial charge < -0.3 is 10.3 Å². The Labute approximate surface area is 149 Å². The zero-order chi connectivity index (χ0) is 17.4. The third-order valence-corrected chi connectivity index (χ3v) is 5.06. The smallest absolute Gasteiger partial charge is 0.268 e. The molecule has 126 valence electrons. The van der Waals surface area contributed by atoms with E-state index in [1.807, 2.05) is 42.5 Å². The summed E-state index contributed by atoms with van der Waals surface area (Å²) in [5.41, 5.74) is 1.31. The molecule has 25 heavy (non-hydrogen) atoms. The van der Waals surface area contributed by atoms with Crippen molar-refractivity contribution in [2.24, 2.45) is 0 Å². The summed E-state index contributed by atoms with van der Waals surface area (Å²) in [6.07, 6.45) is 1.79. The quantitative estimate of drug-likeness (QED) is 0.752. The lowest BCUT2D eigenvalue weighted by Gasteiger charge is -2.36. The summed E-state index contributed by atoms with van der Waals surface area (Å²) >= 11 is 5.91. The molecule has 1 aliphatic carbocycles.